The molecule has 0 heterocycles. The Bertz CT molecular complexity index is 614. The number of hydrogen-bond acceptors (Lipinski definition) is 3. The average molecular weight is 364 g/mol. The standard InChI is InChI=1S/C17H18BrNO3/c1-21-15-9-7-14(8-10-15)19-17(20)6-3-11-22-16-5-2-4-13(18)12-16/h2,4-5,7-10,12H,3,6,11H2,1H3,(H,19,20). The molecule has 0 fully saturated rings. The minimum absolute atomic E-state index is 0.0250. The van der Waals surface area contributed by atoms with E-state index >= 15 is 0 Å². The van der Waals surface area contributed by atoms with Crippen LogP contribution in [0.2, 0.25) is 0 Å². The van der Waals surface area contributed by atoms with Crippen molar-refractivity contribution in [2.45, 2.75) is 12.8 Å². The van der Waals surface area contributed by atoms with E-state index in [1.165, 1.54) is 0 Å². The van der Waals surface area contributed by atoms with Crippen molar-refractivity contribution in [2.24, 2.45) is 0 Å². The monoisotopic (exact) mass is 363 g/mol. The molecule has 2 rings (SSSR count). The number of carbonyl (C=O) groups excluding carboxylic acids is 1. The Balaban J connectivity index is 1.69. The normalized spacial score (nSPS) is 10.1. The van der Waals surface area contributed by atoms with E-state index in [2.05, 4.69) is 21.2 Å². The number of rotatable bonds is 7. The van der Waals surface area contributed by atoms with E-state index in [1.807, 2.05) is 48.5 Å². The molecule has 0 aliphatic rings. The minimum atomic E-state index is -0.0250. The third-order valence-corrected chi connectivity index (χ3v) is 3.48. The van der Waals surface area contributed by atoms with Crippen molar-refractivity contribution in [3.8, 4) is 11.5 Å². The Morgan fingerprint density at radius 3 is 2.59 bits per heavy atom. The molecule has 0 spiro atoms. The number of hydrogen-bond donors (Lipinski definition) is 1. The molecular weight excluding hydrogens is 346 g/mol. The van der Waals surface area contributed by atoms with Crippen LogP contribution < -0.4 is 14.8 Å². The van der Waals surface area contributed by atoms with Gasteiger partial charge in [-0.05, 0) is 48.9 Å². The summed E-state index contributed by atoms with van der Waals surface area (Å²) in [6.07, 6.45) is 1.08. The van der Waals surface area contributed by atoms with Crippen molar-refractivity contribution >= 4 is 27.5 Å². The highest BCUT2D eigenvalue weighted by molar-refractivity contribution is 9.10. The molecule has 2 aromatic carbocycles. The number of amides is 1. The lowest BCUT2D eigenvalue weighted by Gasteiger charge is -2.08. The van der Waals surface area contributed by atoms with Crippen molar-refractivity contribution in [1.29, 1.82) is 0 Å². The Kier molecular flexibility index (Phi) is 6.27. The summed E-state index contributed by atoms with van der Waals surface area (Å²) in [7, 11) is 1.61. The van der Waals surface area contributed by atoms with E-state index in [1.54, 1.807) is 7.11 Å². The molecule has 1 N–H and O–H groups in total. The largest absolute Gasteiger partial charge is 0.497 e. The first-order valence-corrected chi connectivity index (χ1v) is 7.79. The molecule has 0 saturated carbocycles. The van der Waals surface area contributed by atoms with Crippen LogP contribution in [0.3, 0.4) is 0 Å². The van der Waals surface area contributed by atoms with Gasteiger partial charge in [0, 0.05) is 16.6 Å². The Morgan fingerprint density at radius 2 is 1.91 bits per heavy atom. The molecular formula is C17H18BrNO3. The van der Waals surface area contributed by atoms with Crippen molar-refractivity contribution < 1.29 is 14.3 Å². The van der Waals surface area contributed by atoms with Crippen LogP contribution in [-0.2, 0) is 4.79 Å². The van der Waals surface area contributed by atoms with Crippen molar-refractivity contribution in [1.82, 2.24) is 0 Å². The first kappa shape index (κ1) is 16.4. The third kappa shape index (κ3) is 5.41. The summed E-state index contributed by atoms with van der Waals surface area (Å²) >= 11 is 3.39. The summed E-state index contributed by atoms with van der Waals surface area (Å²) in [5.74, 6) is 1.54. The van der Waals surface area contributed by atoms with E-state index < -0.39 is 0 Å². The summed E-state index contributed by atoms with van der Waals surface area (Å²) < 4.78 is 11.6. The smallest absolute Gasteiger partial charge is 0.224 e. The van der Waals surface area contributed by atoms with Gasteiger partial charge >= 0.3 is 0 Å². The van der Waals surface area contributed by atoms with Gasteiger partial charge in [-0.3, -0.25) is 4.79 Å². The van der Waals surface area contributed by atoms with Crippen LogP contribution in [0.5, 0.6) is 11.5 Å². The molecule has 2 aromatic rings. The lowest BCUT2D eigenvalue weighted by Crippen LogP contribution is -2.12. The Labute approximate surface area is 138 Å². The lowest BCUT2D eigenvalue weighted by molar-refractivity contribution is -0.116. The lowest BCUT2D eigenvalue weighted by atomic mass is 10.2. The van der Waals surface area contributed by atoms with Crippen molar-refractivity contribution in [3.63, 3.8) is 0 Å². The maximum Gasteiger partial charge on any atom is 0.224 e. The molecule has 5 heteroatoms. The topological polar surface area (TPSA) is 47.6 Å². The quantitative estimate of drug-likeness (QED) is 0.747. The molecule has 0 unspecified atom stereocenters. The molecule has 0 bridgehead atoms. The predicted molar refractivity (Wildman–Crippen MR) is 90.5 cm³/mol. The summed E-state index contributed by atoms with van der Waals surface area (Å²) in [5, 5.41) is 2.84. The second-order valence-corrected chi connectivity index (χ2v) is 5.60. The highest BCUT2D eigenvalue weighted by atomic mass is 79.9. The molecule has 0 radical (unpaired) electrons. The molecule has 4 nitrogen and oxygen atoms in total. The summed E-state index contributed by atoms with van der Waals surface area (Å²) in [6, 6.07) is 14.9. The van der Waals surface area contributed by atoms with Crippen LogP contribution in [0.15, 0.2) is 53.0 Å². The van der Waals surface area contributed by atoms with E-state index in [0.717, 1.165) is 21.7 Å². The highest BCUT2D eigenvalue weighted by Gasteiger charge is 2.03. The molecule has 22 heavy (non-hydrogen) atoms. The van der Waals surface area contributed by atoms with Gasteiger partial charge in [0.25, 0.3) is 0 Å². The minimum Gasteiger partial charge on any atom is -0.497 e. The molecule has 0 atom stereocenters. The van der Waals surface area contributed by atoms with Gasteiger partial charge in [0.05, 0.1) is 13.7 Å². The van der Waals surface area contributed by atoms with Gasteiger partial charge in [0.1, 0.15) is 11.5 Å². The van der Waals surface area contributed by atoms with Gasteiger partial charge < -0.3 is 14.8 Å². The fourth-order valence-corrected chi connectivity index (χ4v) is 2.26. The molecule has 116 valence electrons. The van der Waals surface area contributed by atoms with Crippen molar-refractivity contribution in [3.05, 3.63) is 53.0 Å². The van der Waals surface area contributed by atoms with E-state index in [4.69, 9.17) is 9.47 Å². The average Bonchev–Trinajstić information content (AvgIpc) is 2.52. The van der Waals surface area contributed by atoms with Crippen LogP contribution in [0, 0.1) is 0 Å². The van der Waals surface area contributed by atoms with E-state index in [9.17, 15) is 4.79 Å². The zero-order chi connectivity index (χ0) is 15.8. The highest BCUT2D eigenvalue weighted by Crippen LogP contribution is 2.18. The zero-order valence-corrected chi connectivity index (χ0v) is 13.9. The Morgan fingerprint density at radius 1 is 1.14 bits per heavy atom. The second-order valence-electron chi connectivity index (χ2n) is 4.69. The second kappa shape index (κ2) is 8.44. The molecule has 0 aliphatic carbocycles. The fraction of sp³-hybridized carbons (Fsp3) is 0.235. The number of nitrogens with one attached hydrogen (secondary N) is 1. The number of carbonyl (C=O) groups is 1. The van der Waals surface area contributed by atoms with Crippen molar-refractivity contribution in [2.75, 3.05) is 19.0 Å². The number of ether oxygens (including phenoxy) is 2. The van der Waals surface area contributed by atoms with Crippen LogP contribution >= 0.6 is 15.9 Å². The van der Waals surface area contributed by atoms with E-state index in [0.29, 0.717) is 19.4 Å². The number of halogens is 1. The van der Waals surface area contributed by atoms with Gasteiger partial charge in [-0.25, -0.2) is 0 Å². The van der Waals surface area contributed by atoms with Gasteiger partial charge in [-0.1, -0.05) is 22.0 Å². The molecule has 0 saturated heterocycles. The van der Waals surface area contributed by atoms with Crippen LogP contribution in [0.4, 0.5) is 5.69 Å². The number of benzene rings is 2. The number of methoxy groups -OCH3 is 1. The first-order valence-electron chi connectivity index (χ1n) is 6.99. The summed E-state index contributed by atoms with van der Waals surface area (Å²) in [6.45, 7) is 0.506. The van der Waals surface area contributed by atoms with Gasteiger partial charge in [0.15, 0.2) is 0 Å². The molecule has 0 aliphatic heterocycles. The van der Waals surface area contributed by atoms with Crippen LogP contribution in [-0.4, -0.2) is 19.6 Å². The van der Waals surface area contributed by atoms with E-state index in [-0.39, 0.29) is 5.91 Å². The predicted octanol–water partition coefficient (Wildman–Crippen LogP) is 4.26. The number of anilines is 1. The van der Waals surface area contributed by atoms with Gasteiger partial charge in [0.2, 0.25) is 5.91 Å². The zero-order valence-electron chi connectivity index (χ0n) is 12.3. The SMILES string of the molecule is COc1ccc(NC(=O)CCCOc2cccc(Br)c2)cc1. The molecule has 1 amide bonds. The third-order valence-electron chi connectivity index (χ3n) is 2.99. The van der Waals surface area contributed by atoms with Gasteiger partial charge in [-0.15, -0.1) is 0 Å². The maximum atomic E-state index is 11.8. The van der Waals surface area contributed by atoms with Gasteiger partial charge in [-0.2, -0.15) is 0 Å². The fourth-order valence-electron chi connectivity index (χ4n) is 1.88. The van der Waals surface area contributed by atoms with Crippen LogP contribution in [0.1, 0.15) is 12.8 Å². The summed E-state index contributed by atoms with van der Waals surface area (Å²) in [5.41, 5.74) is 0.763. The summed E-state index contributed by atoms with van der Waals surface area (Å²) in [4.78, 5) is 11.8. The maximum absolute atomic E-state index is 11.8. The van der Waals surface area contributed by atoms with Crippen LogP contribution in [0.25, 0.3) is 0 Å². The molecule has 0 aromatic heterocycles. The first-order chi connectivity index (χ1) is 10.7. The Hall–Kier alpha value is -2.01.